The molecule has 0 rings (SSSR count). The van der Waals surface area contributed by atoms with Gasteiger partial charge in [0.2, 0.25) is 0 Å². The van der Waals surface area contributed by atoms with Gasteiger partial charge in [-0.1, -0.05) is 300 Å². The third-order valence-electron chi connectivity index (χ3n) is 13.2. The fraction of sp³-hybridized carbons (Fsp3) is 0.587. The summed E-state index contributed by atoms with van der Waals surface area (Å²) in [6, 6.07) is 0. The lowest BCUT2D eigenvalue weighted by Crippen LogP contribution is -2.30. The Kier molecular flexibility index (Phi) is 62.9. The molecule has 0 heterocycles. The van der Waals surface area contributed by atoms with Gasteiger partial charge in [-0.2, -0.15) is 0 Å². The summed E-state index contributed by atoms with van der Waals surface area (Å²) in [5.41, 5.74) is 0. The van der Waals surface area contributed by atoms with Crippen molar-refractivity contribution in [2.45, 2.75) is 271 Å². The van der Waals surface area contributed by atoms with Crippen molar-refractivity contribution < 1.29 is 28.6 Å². The zero-order chi connectivity index (χ0) is 58.5. The molecule has 81 heavy (non-hydrogen) atoms. The third kappa shape index (κ3) is 65.5. The predicted molar refractivity (Wildman–Crippen MR) is 352 cm³/mol. The molecule has 0 aliphatic rings. The molecule has 0 saturated carbocycles. The summed E-state index contributed by atoms with van der Waals surface area (Å²) < 4.78 is 16.8. The lowest BCUT2D eigenvalue weighted by Gasteiger charge is -2.18. The van der Waals surface area contributed by atoms with Gasteiger partial charge in [0, 0.05) is 12.8 Å². The van der Waals surface area contributed by atoms with Gasteiger partial charge in [-0.25, -0.2) is 0 Å². The zero-order valence-electron chi connectivity index (χ0n) is 52.0. The van der Waals surface area contributed by atoms with E-state index in [-0.39, 0.29) is 31.6 Å². The molecule has 6 nitrogen and oxygen atoms in total. The van der Waals surface area contributed by atoms with Crippen LogP contribution in [0.1, 0.15) is 265 Å². The second kappa shape index (κ2) is 67.3. The van der Waals surface area contributed by atoms with Crippen LogP contribution in [0, 0.1) is 0 Å². The number of esters is 3. The monoisotopic (exact) mass is 1110 g/mol. The van der Waals surface area contributed by atoms with Gasteiger partial charge in [-0.05, 0) is 116 Å². The molecule has 1 atom stereocenters. The molecule has 0 radical (unpaired) electrons. The molecule has 6 heteroatoms. The van der Waals surface area contributed by atoms with Crippen molar-refractivity contribution in [3.05, 3.63) is 170 Å². The van der Waals surface area contributed by atoms with Crippen LogP contribution in [0.4, 0.5) is 0 Å². The first kappa shape index (κ1) is 75.8. The number of hydrogen-bond acceptors (Lipinski definition) is 6. The summed E-state index contributed by atoms with van der Waals surface area (Å²) in [5, 5.41) is 0. The molecule has 0 spiro atoms. The molecule has 0 aliphatic heterocycles. The molecule has 0 bridgehead atoms. The highest BCUT2D eigenvalue weighted by Crippen LogP contribution is 2.15. The number of carbonyl (C=O) groups is 3. The van der Waals surface area contributed by atoms with E-state index in [4.69, 9.17) is 14.2 Å². The van der Waals surface area contributed by atoms with Crippen LogP contribution >= 0.6 is 0 Å². The smallest absolute Gasteiger partial charge is 0.310 e. The maximum absolute atomic E-state index is 12.8. The van der Waals surface area contributed by atoms with E-state index in [0.717, 1.165) is 135 Å². The lowest BCUT2D eigenvalue weighted by atomic mass is 10.0. The summed E-state index contributed by atoms with van der Waals surface area (Å²) in [6.45, 7) is 6.31. The number of allylic oxidation sites excluding steroid dienone is 27. The average Bonchev–Trinajstić information content (AvgIpc) is 3.46. The third-order valence-corrected chi connectivity index (χ3v) is 13.2. The van der Waals surface area contributed by atoms with E-state index in [1.165, 1.54) is 83.5 Å². The van der Waals surface area contributed by atoms with E-state index in [2.05, 4.69) is 179 Å². The summed E-state index contributed by atoms with van der Waals surface area (Å²) in [6.07, 6.45) is 99.6. The van der Waals surface area contributed by atoms with E-state index in [9.17, 15) is 14.4 Å². The van der Waals surface area contributed by atoms with Crippen molar-refractivity contribution in [1.29, 1.82) is 0 Å². The normalized spacial score (nSPS) is 13.3. The van der Waals surface area contributed by atoms with Crippen molar-refractivity contribution >= 4 is 17.9 Å². The Bertz CT molecular complexity index is 1860. The molecule has 454 valence electrons. The van der Waals surface area contributed by atoms with Crippen LogP contribution in [0.3, 0.4) is 0 Å². The Morgan fingerprint density at radius 2 is 0.519 bits per heavy atom. The molecule has 0 aliphatic carbocycles. The Morgan fingerprint density at radius 3 is 0.815 bits per heavy atom. The van der Waals surface area contributed by atoms with Gasteiger partial charge < -0.3 is 14.2 Å². The molecular formula is C75H118O6. The summed E-state index contributed by atoms with van der Waals surface area (Å²) in [4.78, 5) is 38.2. The molecule has 0 aromatic rings. The van der Waals surface area contributed by atoms with Crippen LogP contribution in [0.2, 0.25) is 0 Å². The maximum atomic E-state index is 12.8. The van der Waals surface area contributed by atoms with E-state index < -0.39 is 12.1 Å². The van der Waals surface area contributed by atoms with E-state index in [1.54, 1.807) is 6.08 Å². The highest BCUT2D eigenvalue weighted by molar-refractivity contribution is 5.72. The first-order valence-corrected chi connectivity index (χ1v) is 32.6. The number of hydrogen-bond donors (Lipinski definition) is 0. The minimum Gasteiger partial charge on any atom is -0.462 e. The molecule has 0 saturated heterocycles. The zero-order valence-corrected chi connectivity index (χ0v) is 52.0. The number of ether oxygens (including phenoxy) is 3. The van der Waals surface area contributed by atoms with Crippen molar-refractivity contribution in [3.63, 3.8) is 0 Å². The second-order valence-corrected chi connectivity index (χ2v) is 20.9. The Hall–Kier alpha value is -5.23. The Morgan fingerprint density at radius 1 is 0.272 bits per heavy atom. The Labute approximate surface area is 498 Å². The molecule has 0 N–H and O–H groups in total. The molecule has 0 amide bonds. The first-order valence-electron chi connectivity index (χ1n) is 32.6. The predicted octanol–water partition coefficient (Wildman–Crippen LogP) is 22.7. The molecule has 0 fully saturated rings. The van der Waals surface area contributed by atoms with Gasteiger partial charge in [0.15, 0.2) is 6.10 Å². The number of carbonyl (C=O) groups excluding carboxylic acids is 3. The summed E-state index contributed by atoms with van der Waals surface area (Å²) in [5.74, 6) is -1.07. The Balaban J connectivity index is 4.34. The highest BCUT2D eigenvalue weighted by Gasteiger charge is 2.19. The van der Waals surface area contributed by atoms with Gasteiger partial charge in [0.05, 0.1) is 6.42 Å². The summed E-state index contributed by atoms with van der Waals surface area (Å²) >= 11 is 0. The molecule has 0 aromatic carbocycles. The maximum Gasteiger partial charge on any atom is 0.310 e. The average molecular weight is 1120 g/mol. The topological polar surface area (TPSA) is 78.9 Å². The first-order chi connectivity index (χ1) is 40.0. The van der Waals surface area contributed by atoms with Crippen LogP contribution in [0.25, 0.3) is 0 Å². The van der Waals surface area contributed by atoms with Crippen molar-refractivity contribution in [1.82, 2.24) is 0 Å². The minimum absolute atomic E-state index is 0.0888. The van der Waals surface area contributed by atoms with Gasteiger partial charge in [-0.15, -0.1) is 0 Å². The molecule has 1 unspecified atom stereocenters. The number of unbranched alkanes of at least 4 members (excludes halogenated alkanes) is 19. The van der Waals surface area contributed by atoms with Crippen LogP contribution < -0.4 is 0 Å². The van der Waals surface area contributed by atoms with Crippen molar-refractivity contribution in [2.75, 3.05) is 13.2 Å². The van der Waals surface area contributed by atoms with Crippen LogP contribution in [0.15, 0.2) is 170 Å². The molecule has 0 aromatic heterocycles. The van der Waals surface area contributed by atoms with Crippen LogP contribution in [-0.4, -0.2) is 37.2 Å². The van der Waals surface area contributed by atoms with Gasteiger partial charge in [-0.3, -0.25) is 14.4 Å². The fourth-order valence-corrected chi connectivity index (χ4v) is 8.45. The van der Waals surface area contributed by atoms with Gasteiger partial charge in [0.1, 0.15) is 13.2 Å². The van der Waals surface area contributed by atoms with Gasteiger partial charge >= 0.3 is 17.9 Å². The van der Waals surface area contributed by atoms with E-state index in [1.807, 2.05) is 6.08 Å². The minimum atomic E-state index is -0.843. The van der Waals surface area contributed by atoms with Crippen molar-refractivity contribution in [3.8, 4) is 0 Å². The van der Waals surface area contributed by atoms with E-state index in [0.29, 0.717) is 19.3 Å². The quantitative estimate of drug-likeness (QED) is 0.0261. The molecular weight excluding hydrogens is 997 g/mol. The van der Waals surface area contributed by atoms with Crippen LogP contribution in [-0.2, 0) is 28.6 Å². The van der Waals surface area contributed by atoms with Crippen LogP contribution in [0.5, 0.6) is 0 Å². The van der Waals surface area contributed by atoms with Gasteiger partial charge in [0.25, 0.3) is 0 Å². The number of rotatable bonds is 57. The van der Waals surface area contributed by atoms with E-state index >= 15 is 0 Å². The summed E-state index contributed by atoms with van der Waals surface area (Å²) in [7, 11) is 0. The standard InChI is InChI=1S/C75H118O6/c1-4-7-10-13-16-19-22-25-27-28-29-30-31-32-33-34-35-36-37-38-39-40-41-42-43-44-45-46-48-50-53-56-59-62-65-68-74(77)80-71-72(70-79-73(76)67-64-61-58-55-52-49-24-21-18-15-12-9-6-3)81-75(78)69-66-63-60-57-54-51-47-26-23-20-17-14-11-8-5-2/h7-8,10-11,16-17,19-20,25-27,29-30,32-33,35-36,38-39,41-42,44-45,47,54,57,63,66,72H,4-6,9,12-15,18,21-24,28,31,34,37,40,43,46,48-53,55-56,58-62,64-65,67-71H2,1-3H3/b10-7-,11-8-,19-16-,20-17-,27-25-,30-29-,33-32-,36-35-,39-38-,42-41-,45-44-,47-26-,57-54-,66-63-. The van der Waals surface area contributed by atoms with Crippen molar-refractivity contribution in [2.24, 2.45) is 0 Å². The largest absolute Gasteiger partial charge is 0.462 e. The second-order valence-electron chi connectivity index (χ2n) is 20.9. The lowest BCUT2D eigenvalue weighted by molar-refractivity contribution is -0.166. The highest BCUT2D eigenvalue weighted by atomic mass is 16.6. The SMILES string of the molecule is CC/C=C\C/C=C\C/C=C\C/C=C\C/C=C\C/C=C\C/C=C\C/C=C\C/C=C\CCCCCCCCCC(=O)OCC(COC(=O)CCCCCCCCCCCCCCC)OC(=O)C/C=C\C/C=C\C/C=C\C/C=C\C/C=C\CC. The fourth-order valence-electron chi connectivity index (χ4n) is 8.45.